The van der Waals surface area contributed by atoms with E-state index < -0.39 is 0 Å². The number of rotatable bonds is 4. The fourth-order valence-corrected chi connectivity index (χ4v) is 5.15. The van der Waals surface area contributed by atoms with Crippen molar-refractivity contribution < 1.29 is 4.79 Å². The minimum absolute atomic E-state index is 0.393. The zero-order valence-corrected chi connectivity index (χ0v) is 14.9. The zero-order chi connectivity index (χ0) is 15.9. The Balaban J connectivity index is 1.46. The van der Waals surface area contributed by atoms with Gasteiger partial charge in [-0.3, -0.25) is 4.79 Å². The largest absolute Gasteiger partial charge is 0.342 e. The molecule has 0 aromatic heterocycles. The molecule has 1 atom stereocenters. The first-order valence-electron chi connectivity index (χ1n) is 9.27. The van der Waals surface area contributed by atoms with Gasteiger partial charge in [0.15, 0.2) is 0 Å². The number of carbonyl (C=O) groups is 1. The van der Waals surface area contributed by atoms with Crippen LogP contribution in [0.15, 0.2) is 30.3 Å². The second kappa shape index (κ2) is 8.77. The summed E-state index contributed by atoms with van der Waals surface area (Å²) in [5, 5.41) is 0.548. The summed E-state index contributed by atoms with van der Waals surface area (Å²) in [5.74, 6) is 2.27. The molecule has 0 spiro atoms. The van der Waals surface area contributed by atoms with Gasteiger partial charge in [-0.25, -0.2) is 0 Å². The van der Waals surface area contributed by atoms with Gasteiger partial charge in [-0.1, -0.05) is 62.4 Å². The van der Waals surface area contributed by atoms with Crippen LogP contribution in [0.5, 0.6) is 0 Å². The van der Waals surface area contributed by atoms with Crippen molar-refractivity contribution in [3.05, 3.63) is 35.9 Å². The lowest BCUT2D eigenvalue weighted by molar-refractivity contribution is -0.131. The van der Waals surface area contributed by atoms with Gasteiger partial charge in [0.2, 0.25) is 5.91 Å². The van der Waals surface area contributed by atoms with Gasteiger partial charge in [0.25, 0.3) is 0 Å². The average Bonchev–Trinajstić information content (AvgIpc) is 2.87. The van der Waals surface area contributed by atoms with Crippen molar-refractivity contribution in [3.8, 4) is 0 Å². The predicted molar refractivity (Wildman–Crippen MR) is 98.6 cm³/mol. The molecule has 1 saturated carbocycles. The summed E-state index contributed by atoms with van der Waals surface area (Å²) in [5.41, 5.74) is 1.41. The Morgan fingerprint density at radius 1 is 1.04 bits per heavy atom. The van der Waals surface area contributed by atoms with E-state index in [1.807, 2.05) is 11.8 Å². The van der Waals surface area contributed by atoms with E-state index in [9.17, 15) is 4.79 Å². The molecule has 1 aliphatic heterocycles. The number of nitrogens with zero attached hydrogens (tertiary/aromatic N) is 1. The normalized spacial score (nSPS) is 23.5. The van der Waals surface area contributed by atoms with Gasteiger partial charge in [-0.15, -0.1) is 0 Å². The Bertz CT molecular complexity index is 484. The molecule has 0 N–H and O–H groups in total. The molecule has 126 valence electrons. The molecule has 1 unspecified atom stereocenters. The maximum Gasteiger partial charge on any atom is 0.222 e. The minimum Gasteiger partial charge on any atom is -0.342 e. The van der Waals surface area contributed by atoms with Crippen molar-refractivity contribution in [1.29, 1.82) is 0 Å². The molecule has 2 nitrogen and oxygen atoms in total. The van der Waals surface area contributed by atoms with E-state index in [0.717, 1.165) is 44.0 Å². The number of hydrogen-bond acceptors (Lipinski definition) is 2. The van der Waals surface area contributed by atoms with E-state index in [1.54, 1.807) is 0 Å². The summed E-state index contributed by atoms with van der Waals surface area (Å²) in [6.07, 6.45) is 9.81. The standard InChI is InChI=1S/C20H29NOS/c22-20(12-11-17-7-3-1-4-8-17)21-14-13-19(23-16-15-21)18-9-5-2-6-10-18/h2,5-6,9-10,17,19H,1,3-4,7-8,11-16H2. The SMILES string of the molecule is O=C(CCC1CCCCC1)N1CCSC(c2ccccc2)CC1. The van der Waals surface area contributed by atoms with Gasteiger partial charge in [-0.2, -0.15) is 11.8 Å². The van der Waals surface area contributed by atoms with Gasteiger partial charge in [0, 0.05) is 30.5 Å². The van der Waals surface area contributed by atoms with Crippen LogP contribution in [0.2, 0.25) is 0 Å². The molecule has 0 radical (unpaired) electrons. The zero-order valence-electron chi connectivity index (χ0n) is 14.1. The van der Waals surface area contributed by atoms with Crippen molar-refractivity contribution in [1.82, 2.24) is 4.90 Å². The van der Waals surface area contributed by atoms with Crippen molar-refractivity contribution in [3.63, 3.8) is 0 Å². The van der Waals surface area contributed by atoms with E-state index >= 15 is 0 Å². The molecule has 1 aromatic rings. The van der Waals surface area contributed by atoms with Crippen LogP contribution in [-0.2, 0) is 4.79 Å². The Morgan fingerprint density at radius 3 is 2.61 bits per heavy atom. The fraction of sp³-hybridized carbons (Fsp3) is 0.650. The second-order valence-corrected chi connectivity index (χ2v) is 8.29. The Labute approximate surface area is 145 Å². The molecule has 1 heterocycles. The van der Waals surface area contributed by atoms with Gasteiger partial charge < -0.3 is 4.90 Å². The third-order valence-electron chi connectivity index (χ3n) is 5.36. The summed E-state index contributed by atoms with van der Waals surface area (Å²) in [6.45, 7) is 1.85. The van der Waals surface area contributed by atoms with Crippen molar-refractivity contribution in [2.24, 2.45) is 5.92 Å². The first-order valence-corrected chi connectivity index (χ1v) is 10.3. The van der Waals surface area contributed by atoms with E-state index in [4.69, 9.17) is 0 Å². The monoisotopic (exact) mass is 331 g/mol. The van der Waals surface area contributed by atoms with Gasteiger partial charge in [-0.05, 0) is 24.3 Å². The maximum absolute atomic E-state index is 12.6. The second-order valence-electron chi connectivity index (χ2n) is 6.98. The summed E-state index contributed by atoms with van der Waals surface area (Å²) >= 11 is 2.01. The van der Waals surface area contributed by atoms with Crippen LogP contribution < -0.4 is 0 Å². The molecule has 1 saturated heterocycles. The number of thioether (sulfide) groups is 1. The highest BCUT2D eigenvalue weighted by Crippen LogP contribution is 2.34. The summed E-state index contributed by atoms with van der Waals surface area (Å²) in [7, 11) is 0. The molecule has 1 aliphatic carbocycles. The molecular formula is C20H29NOS. The van der Waals surface area contributed by atoms with E-state index in [2.05, 4.69) is 35.2 Å². The number of benzene rings is 1. The topological polar surface area (TPSA) is 20.3 Å². The maximum atomic E-state index is 12.6. The minimum atomic E-state index is 0.393. The van der Waals surface area contributed by atoms with Crippen molar-refractivity contribution >= 4 is 17.7 Å². The van der Waals surface area contributed by atoms with E-state index in [0.29, 0.717) is 11.2 Å². The number of carbonyl (C=O) groups excluding carboxylic acids is 1. The molecule has 0 bridgehead atoms. The Morgan fingerprint density at radius 2 is 1.83 bits per heavy atom. The molecular weight excluding hydrogens is 302 g/mol. The molecule has 3 rings (SSSR count). The first-order chi connectivity index (χ1) is 11.3. The van der Waals surface area contributed by atoms with Crippen LogP contribution in [0.25, 0.3) is 0 Å². The first kappa shape index (κ1) is 16.9. The smallest absolute Gasteiger partial charge is 0.222 e. The van der Waals surface area contributed by atoms with Crippen LogP contribution in [0, 0.1) is 5.92 Å². The lowest BCUT2D eigenvalue weighted by Gasteiger charge is -2.24. The third-order valence-corrected chi connectivity index (χ3v) is 6.69. The van der Waals surface area contributed by atoms with Crippen molar-refractivity contribution in [2.45, 2.75) is 56.6 Å². The molecule has 2 fully saturated rings. The summed E-state index contributed by atoms with van der Waals surface area (Å²) < 4.78 is 0. The van der Waals surface area contributed by atoms with Gasteiger partial charge in [0.1, 0.15) is 0 Å². The molecule has 1 amide bonds. The predicted octanol–water partition coefficient (Wildman–Crippen LogP) is 5.05. The van der Waals surface area contributed by atoms with E-state index in [-0.39, 0.29) is 0 Å². The van der Waals surface area contributed by atoms with Gasteiger partial charge >= 0.3 is 0 Å². The Hall–Kier alpha value is -0.960. The fourth-order valence-electron chi connectivity index (χ4n) is 3.91. The van der Waals surface area contributed by atoms with Crippen LogP contribution >= 0.6 is 11.8 Å². The third kappa shape index (κ3) is 5.00. The molecule has 2 aliphatic rings. The number of hydrogen-bond donors (Lipinski definition) is 0. The summed E-state index contributed by atoms with van der Waals surface area (Å²) in [4.78, 5) is 14.7. The number of amides is 1. The van der Waals surface area contributed by atoms with Crippen LogP contribution in [0.1, 0.15) is 62.2 Å². The van der Waals surface area contributed by atoms with Crippen LogP contribution in [0.3, 0.4) is 0 Å². The highest BCUT2D eigenvalue weighted by molar-refractivity contribution is 7.99. The Kier molecular flexibility index (Phi) is 6.44. The highest BCUT2D eigenvalue weighted by Gasteiger charge is 2.23. The molecule has 3 heteroatoms. The highest BCUT2D eigenvalue weighted by atomic mass is 32.2. The lowest BCUT2D eigenvalue weighted by Crippen LogP contribution is -2.33. The quantitative estimate of drug-likeness (QED) is 0.769. The van der Waals surface area contributed by atoms with E-state index in [1.165, 1.54) is 37.7 Å². The van der Waals surface area contributed by atoms with Gasteiger partial charge in [0.05, 0.1) is 0 Å². The summed E-state index contributed by atoms with van der Waals surface area (Å²) in [6, 6.07) is 10.8. The van der Waals surface area contributed by atoms with Crippen LogP contribution in [0.4, 0.5) is 0 Å². The van der Waals surface area contributed by atoms with Crippen LogP contribution in [-0.4, -0.2) is 29.6 Å². The molecule has 1 aromatic carbocycles. The lowest BCUT2D eigenvalue weighted by atomic mass is 9.86. The molecule has 23 heavy (non-hydrogen) atoms. The van der Waals surface area contributed by atoms with Crippen molar-refractivity contribution in [2.75, 3.05) is 18.8 Å². The average molecular weight is 332 g/mol.